The molecule has 2 atom stereocenters. The fourth-order valence-electron chi connectivity index (χ4n) is 8.59. The van der Waals surface area contributed by atoms with Gasteiger partial charge in [0.2, 0.25) is 0 Å². The van der Waals surface area contributed by atoms with E-state index in [4.69, 9.17) is 25.2 Å². The van der Waals surface area contributed by atoms with E-state index in [0.29, 0.717) is 30.2 Å². The van der Waals surface area contributed by atoms with Crippen LogP contribution in [0, 0.1) is 23.1 Å². The Labute approximate surface area is 266 Å². The summed E-state index contributed by atoms with van der Waals surface area (Å²) in [5.41, 5.74) is 5.28. The molecule has 4 aliphatic heterocycles. The Morgan fingerprint density at radius 1 is 1.22 bits per heavy atom. The lowest BCUT2D eigenvalue weighted by atomic mass is 9.62. The molecule has 0 bridgehead atoms. The van der Waals surface area contributed by atoms with Crippen LogP contribution < -0.4 is 15.4 Å². The largest absolute Gasteiger partial charge is 0.461 e. The fraction of sp³-hybridized carbons (Fsp3) is 0.588. The van der Waals surface area contributed by atoms with E-state index < -0.39 is 40.5 Å². The molecule has 0 radical (unpaired) electrons. The van der Waals surface area contributed by atoms with Gasteiger partial charge in [-0.25, -0.2) is 4.39 Å². The van der Waals surface area contributed by atoms with Crippen molar-refractivity contribution in [1.29, 1.82) is 0 Å². The van der Waals surface area contributed by atoms with Crippen LogP contribution in [0.2, 0.25) is 0 Å². The monoisotopic (exact) mass is 641 g/mol. The first kappa shape index (κ1) is 31.2. The zero-order chi connectivity index (χ0) is 32.4. The zero-order valence-corrected chi connectivity index (χ0v) is 26.0. The number of nitrogens with zero attached hydrogens (tertiary/aromatic N) is 4. The summed E-state index contributed by atoms with van der Waals surface area (Å²) in [5.74, 6) is 4.37. The van der Waals surface area contributed by atoms with Crippen molar-refractivity contribution < 1.29 is 32.1 Å². The molecule has 8 nitrogen and oxygen atoms in total. The van der Waals surface area contributed by atoms with Crippen molar-refractivity contribution in [3.05, 3.63) is 52.0 Å². The molecule has 5 aliphatic rings. The average Bonchev–Trinajstić information content (AvgIpc) is 3.51. The van der Waals surface area contributed by atoms with E-state index in [1.54, 1.807) is 0 Å². The molecule has 3 N–H and O–H groups in total. The van der Waals surface area contributed by atoms with Gasteiger partial charge in [-0.05, 0) is 69.9 Å². The fourth-order valence-corrected chi connectivity index (χ4v) is 8.59. The second-order valence-electron chi connectivity index (χ2n) is 13.8. The van der Waals surface area contributed by atoms with Gasteiger partial charge in [0.05, 0.1) is 41.3 Å². The van der Waals surface area contributed by atoms with Gasteiger partial charge in [0, 0.05) is 42.7 Å². The topological polar surface area (TPSA) is 97.0 Å². The van der Waals surface area contributed by atoms with Crippen molar-refractivity contribution in [3.63, 3.8) is 0 Å². The Kier molecular flexibility index (Phi) is 7.73. The van der Waals surface area contributed by atoms with E-state index >= 15 is 4.39 Å². The zero-order valence-electron chi connectivity index (χ0n) is 26.0. The standard InChI is InChI=1S/C34H39F4N5O3/c1-3-6-21-11-24(39)29(35)27(28(21)34(36,37)38)26-12-25-23(17-45-26)30(42-9-4-7-32(18-42)14-22(44)15-32)41-31(40-25)46-19-33-8-5-10-43(33)16-20(2)13-33/h11,22,26,44H,2,4-5,7-10,12-19,39H2,1H3/t22?,26-,32?,33+/m1/s1. The molecule has 7 rings (SSSR count). The predicted octanol–water partition coefficient (Wildman–Crippen LogP) is 5.32. The highest BCUT2D eigenvalue weighted by Crippen LogP contribution is 2.50. The molecule has 5 heterocycles. The van der Waals surface area contributed by atoms with Gasteiger partial charge in [-0.2, -0.15) is 23.1 Å². The summed E-state index contributed by atoms with van der Waals surface area (Å²) in [5, 5.41) is 10.1. The molecular formula is C34H39F4N5O3. The quantitative estimate of drug-likeness (QED) is 0.196. The molecule has 246 valence electrons. The van der Waals surface area contributed by atoms with Crippen LogP contribution in [0.4, 0.5) is 29.1 Å². The minimum atomic E-state index is -4.90. The number of aliphatic hydroxyl groups is 1. The number of nitrogens with two attached hydrogens (primary N) is 1. The molecule has 1 spiro atoms. The Morgan fingerprint density at radius 2 is 2.00 bits per heavy atom. The van der Waals surface area contributed by atoms with Crippen LogP contribution >= 0.6 is 0 Å². The van der Waals surface area contributed by atoms with Crippen LogP contribution in [0.3, 0.4) is 0 Å². The van der Waals surface area contributed by atoms with E-state index in [2.05, 4.69) is 28.2 Å². The van der Waals surface area contributed by atoms with E-state index in [0.717, 1.165) is 76.2 Å². The number of piperidine rings is 1. The van der Waals surface area contributed by atoms with Crippen LogP contribution in [0.25, 0.3) is 0 Å². The van der Waals surface area contributed by atoms with Gasteiger partial charge in [-0.3, -0.25) is 4.90 Å². The number of aliphatic hydroxyl groups excluding tert-OH is 1. The first-order valence-electron chi connectivity index (χ1n) is 16.0. The van der Waals surface area contributed by atoms with E-state index in [1.807, 2.05) is 0 Å². The molecule has 0 unspecified atom stereocenters. The van der Waals surface area contributed by atoms with E-state index in [1.165, 1.54) is 6.92 Å². The lowest BCUT2D eigenvalue weighted by Crippen LogP contribution is -2.53. The summed E-state index contributed by atoms with van der Waals surface area (Å²) >= 11 is 0. The molecular weight excluding hydrogens is 602 g/mol. The lowest BCUT2D eigenvalue weighted by molar-refractivity contribution is -0.140. The summed E-state index contributed by atoms with van der Waals surface area (Å²) < 4.78 is 71.4. The highest BCUT2D eigenvalue weighted by molar-refractivity contribution is 5.59. The van der Waals surface area contributed by atoms with E-state index in [-0.39, 0.29) is 36.1 Å². The van der Waals surface area contributed by atoms with Crippen molar-refractivity contribution in [2.75, 3.05) is 43.4 Å². The summed E-state index contributed by atoms with van der Waals surface area (Å²) in [6, 6.07) is 1.07. The third-order valence-electron chi connectivity index (χ3n) is 10.6. The minimum absolute atomic E-state index is 0.00881. The smallest absolute Gasteiger partial charge is 0.418 e. The molecule has 46 heavy (non-hydrogen) atoms. The van der Waals surface area contributed by atoms with Crippen LogP contribution in [0.15, 0.2) is 18.2 Å². The van der Waals surface area contributed by atoms with Crippen LogP contribution in [0.5, 0.6) is 6.01 Å². The molecule has 1 saturated carbocycles. The Balaban J connectivity index is 1.27. The Hall–Kier alpha value is -3.40. The highest BCUT2D eigenvalue weighted by atomic mass is 19.4. The maximum atomic E-state index is 15.6. The number of hydrogen-bond donors (Lipinski definition) is 2. The Morgan fingerprint density at radius 3 is 2.74 bits per heavy atom. The van der Waals surface area contributed by atoms with Gasteiger partial charge in [0.1, 0.15) is 12.4 Å². The number of ether oxygens (including phenoxy) is 2. The van der Waals surface area contributed by atoms with Gasteiger partial charge in [0.25, 0.3) is 0 Å². The molecule has 1 aromatic carbocycles. The summed E-state index contributed by atoms with van der Waals surface area (Å²) in [4.78, 5) is 14.2. The van der Waals surface area contributed by atoms with Crippen LogP contribution in [-0.4, -0.2) is 64.4 Å². The molecule has 2 aromatic rings. The normalized spacial score (nSPS) is 29.3. The van der Waals surface area contributed by atoms with Crippen molar-refractivity contribution >= 4 is 11.5 Å². The number of fused-ring (bicyclic) bond motifs is 2. The number of anilines is 2. The molecule has 4 fully saturated rings. The number of nitrogen functional groups attached to an aromatic ring is 1. The van der Waals surface area contributed by atoms with E-state index in [9.17, 15) is 18.3 Å². The number of aromatic nitrogens is 2. The van der Waals surface area contributed by atoms with Gasteiger partial charge < -0.3 is 25.2 Å². The predicted molar refractivity (Wildman–Crippen MR) is 164 cm³/mol. The lowest BCUT2D eigenvalue weighted by Gasteiger charge is -2.51. The van der Waals surface area contributed by atoms with Crippen molar-refractivity contribution in [2.24, 2.45) is 5.41 Å². The van der Waals surface area contributed by atoms with Gasteiger partial charge >= 0.3 is 12.2 Å². The number of rotatable bonds is 5. The number of benzene rings is 1. The third kappa shape index (κ3) is 5.40. The maximum absolute atomic E-state index is 15.6. The molecule has 3 saturated heterocycles. The van der Waals surface area contributed by atoms with Gasteiger partial charge in [0.15, 0.2) is 5.82 Å². The van der Waals surface area contributed by atoms with Gasteiger partial charge in [-0.15, -0.1) is 5.92 Å². The van der Waals surface area contributed by atoms with Crippen molar-refractivity contribution in [1.82, 2.24) is 14.9 Å². The highest BCUT2D eigenvalue weighted by Gasteiger charge is 2.49. The second kappa shape index (κ2) is 11.4. The average molecular weight is 642 g/mol. The summed E-state index contributed by atoms with van der Waals surface area (Å²) in [7, 11) is 0. The first-order valence-corrected chi connectivity index (χ1v) is 16.0. The van der Waals surface area contributed by atoms with Crippen molar-refractivity contribution in [3.8, 4) is 17.9 Å². The van der Waals surface area contributed by atoms with Crippen LogP contribution in [0.1, 0.15) is 85.9 Å². The first-order chi connectivity index (χ1) is 21.9. The second-order valence-corrected chi connectivity index (χ2v) is 13.8. The van der Waals surface area contributed by atoms with Crippen LogP contribution in [-0.2, 0) is 23.9 Å². The maximum Gasteiger partial charge on any atom is 0.418 e. The molecule has 0 amide bonds. The molecule has 12 heteroatoms. The summed E-state index contributed by atoms with van der Waals surface area (Å²) in [6.45, 7) is 9.08. The molecule has 1 aliphatic carbocycles. The third-order valence-corrected chi connectivity index (χ3v) is 10.6. The number of hydrogen-bond acceptors (Lipinski definition) is 8. The minimum Gasteiger partial charge on any atom is -0.461 e. The SMILES string of the molecule is C=C1CN2CCC[C@@]2(COc2nc3c(c(N4CCCC5(CC(O)C5)C4)n2)CO[C@@H](c2c(F)c(N)cc(C#CC)c2C(F)(F)F)C3)C1. The Bertz CT molecular complexity index is 1620. The summed E-state index contributed by atoms with van der Waals surface area (Å²) in [6.07, 6.45) is -0.424. The molecule has 1 aromatic heterocycles. The van der Waals surface area contributed by atoms with Crippen molar-refractivity contribution in [2.45, 2.75) is 88.8 Å². The van der Waals surface area contributed by atoms with Gasteiger partial charge in [-0.1, -0.05) is 18.1 Å². The number of alkyl halides is 3. The number of halogens is 4.